The lowest BCUT2D eigenvalue weighted by Crippen LogP contribution is -2.38. The second-order valence-corrected chi connectivity index (χ2v) is 7.97. The Labute approximate surface area is 123 Å². The van der Waals surface area contributed by atoms with Gasteiger partial charge in [-0.25, -0.2) is 0 Å². The van der Waals surface area contributed by atoms with Crippen molar-refractivity contribution in [1.29, 1.82) is 0 Å². The molecule has 1 heterocycles. The van der Waals surface area contributed by atoms with Crippen molar-refractivity contribution in [1.82, 2.24) is 4.90 Å². The summed E-state index contributed by atoms with van der Waals surface area (Å²) in [4.78, 5) is 3.93. The molecule has 1 rings (SSSR count). The molecule has 0 bridgehead atoms. The Morgan fingerprint density at radius 2 is 2.05 bits per heavy atom. The average molecular weight is 282 g/mol. The van der Waals surface area contributed by atoms with Crippen molar-refractivity contribution in [3.05, 3.63) is 22.4 Å². The van der Waals surface area contributed by atoms with E-state index in [1.165, 1.54) is 11.3 Å². The predicted molar refractivity (Wildman–Crippen MR) is 86.7 cm³/mol. The van der Waals surface area contributed by atoms with Gasteiger partial charge in [-0.3, -0.25) is 0 Å². The van der Waals surface area contributed by atoms with Crippen molar-refractivity contribution < 1.29 is 0 Å². The third-order valence-electron chi connectivity index (χ3n) is 3.61. The Hall–Kier alpha value is -0.380. The molecule has 0 fully saturated rings. The number of rotatable bonds is 7. The molecule has 19 heavy (non-hydrogen) atoms. The van der Waals surface area contributed by atoms with Crippen molar-refractivity contribution in [3.63, 3.8) is 0 Å². The molecule has 0 amide bonds. The fraction of sp³-hybridized carbons (Fsp3) is 0.750. The van der Waals surface area contributed by atoms with Crippen molar-refractivity contribution in [2.24, 2.45) is 17.1 Å². The number of nitrogens with two attached hydrogens (primary N) is 1. The van der Waals surface area contributed by atoms with E-state index in [1.807, 2.05) is 11.3 Å². The van der Waals surface area contributed by atoms with Gasteiger partial charge in [0.25, 0.3) is 0 Å². The van der Waals surface area contributed by atoms with E-state index in [9.17, 15) is 0 Å². The maximum atomic E-state index is 5.94. The second-order valence-electron chi connectivity index (χ2n) is 6.94. The van der Waals surface area contributed by atoms with E-state index < -0.39 is 0 Å². The zero-order valence-corrected chi connectivity index (χ0v) is 14.0. The van der Waals surface area contributed by atoms with E-state index in [4.69, 9.17) is 5.73 Å². The Bertz CT molecular complexity index is 340. The molecule has 0 aliphatic carbocycles. The van der Waals surface area contributed by atoms with Crippen LogP contribution in [-0.2, 0) is 6.42 Å². The minimum atomic E-state index is 0.363. The highest BCUT2D eigenvalue weighted by Crippen LogP contribution is 2.25. The highest BCUT2D eigenvalue weighted by molar-refractivity contribution is 7.09. The molecule has 2 nitrogen and oxygen atoms in total. The SMILES string of the molecule is CC(Cc1cccs1)N(C)CC(CN)CC(C)(C)C. The molecule has 1 aromatic rings. The van der Waals surface area contributed by atoms with Gasteiger partial charge in [0.1, 0.15) is 0 Å². The largest absolute Gasteiger partial charge is 0.330 e. The van der Waals surface area contributed by atoms with Gasteiger partial charge in [0.05, 0.1) is 0 Å². The van der Waals surface area contributed by atoms with Gasteiger partial charge < -0.3 is 10.6 Å². The molecule has 1 aromatic heterocycles. The number of hydrogen-bond acceptors (Lipinski definition) is 3. The van der Waals surface area contributed by atoms with Crippen LogP contribution in [0.25, 0.3) is 0 Å². The molecule has 2 N–H and O–H groups in total. The maximum absolute atomic E-state index is 5.94. The number of likely N-dealkylation sites (N-methyl/N-ethyl adjacent to an activating group) is 1. The van der Waals surface area contributed by atoms with Crippen LogP contribution in [0.5, 0.6) is 0 Å². The van der Waals surface area contributed by atoms with Gasteiger partial charge in [-0.2, -0.15) is 0 Å². The molecule has 0 spiro atoms. The molecule has 0 saturated carbocycles. The second kappa shape index (κ2) is 7.41. The first kappa shape index (κ1) is 16.7. The smallest absolute Gasteiger partial charge is 0.0112 e. The molecular weight excluding hydrogens is 252 g/mol. The van der Waals surface area contributed by atoms with Gasteiger partial charge in [0, 0.05) is 17.5 Å². The first-order valence-corrected chi connectivity index (χ1v) is 8.12. The minimum absolute atomic E-state index is 0.363. The summed E-state index contributed by atoms with van der Waals surface area (Å²) in [6, 6.07) is 4.94. The lowest BCUT2D eigenvalue weighted by molar-refractivity contribution is 0.185. The first-order chi connectivity index (χ1) is 8.81. The molecule has 0 aliphatic heterocycles. The monoisotopic (exact) mass is 282 g/mol. The average Bonchev–Trinajstić information content (AvgIpc) is 2.78. The van der Waals surface area contributed by atoms with Crippen LogP contribution in [-0.4, -0.2) is 31.1 Å². The first-order valence-electron chi connectivity index (χ1n) is 7.24. The summed E-state index contributed by atoms with van der Waals surface area (Å²) in [7, 11) is 2.23. The summed E-state index contributed by atoms with van der Waals surface area (Å²) < 4.78 is 0. The van der Waals surface area contributed by atoms with Crippen LogP contribution < -0.4 is 5.73 Å². The standard InChI is InChI=1S/C16H30N2S/c1-13(9-15-7-6-8-19-15)18(5)12-14(11-17)10-16(2,3)4/h6-8,13-14H,9-12,17H2,1-5H3. The summed E-state index contributed by atoms with van der Waals surface area (Å²) in [5.74, 6) is 0.593. The maximum Gasteiger partial charge on any atom is 0.0112 e. The van der Waals surface area contributed by atoms with Crippen LogP contribution in [0.1, 0.15) is 39.0 Å². The number of thiophene rings is 1. The predicted octanol–water partition coefficient (Wildman–Crippen LogP) is 3.62. The molecule has 0 radical (unpaired) electrons. The summed E-state index contributed by atoms with van der Waals surface area (Å²) in [5.41, 5.74) is 6.30. The van der Waals surface area contributed by atoms with Crippen LogP contribution >= 0.6 is 11.3 Å². The van der Waals surface area contributed by atoms with E-state index >= 15 is 0 Å². The van der Waals surface area contributed by atoms with Crippen molar-refractivity contribution >= 4 is 11.3 Å². The van der Waals surface area contributed by atoms with Gasteiger partial charge in [0.15, 0.2) is 0 Å². The van der Waals surface area contributed by atoms with E-state index in [0.717, 1.165) is 19.5 Å². The van der Waals surface area contributed by atoms with Crippen LogP contribution in [0, 0.1) is 11.3 Å². The normalized spacial score (nSPS) is 15.7. The van der Waals surface area contributed by atoms with Crippen molar-refractivity contribution in [2.45, 2.75) is 46.6 Å². The van der Waals surface area contributed by atoms with Gasteiger partial charge >= 0.3 is 0 Å². The summed E-state index contributed by atoms with van der Waals surface area (Å²) >= 11 is 1.85. The van der Waals surface area contributed by atoms with E-state index in [-0.39, 0.29) is 0 Å². The fourth-order valence-corrected chi connectivity index (χ4v) is 3.38. The van der Waals surface area contributed by atoms with E-state index in [0.29, 0.717) is 17.4 Å². The number of hydrogen-bond donors (Lipinski definition) is 1. The summed E-state index contributed by atoms with van der Waals surface area (Å²) in [5, 5.41) is 2.16. The third kappa shape index (κ3) is 6.55. The molecule has 3 heteroatoms. The summed E-state index contributed by atoms with van der Waals surface area (Å²) in [6.45, 7) is 11.1. The van der Waals surface area contributed by atoms with Gasteiger partial charge in [-0.05, 0) is 56.1 Å². The number of nitrogens with zero attached hydrogens (tertiary/aromatic N) is 1. The lowest BCUT2D eigenvalue weighted by atomic mass is 9.84. The van der Waals surface area contributed by atoms with Crippen LogP contribution in [0.3, 0.4) is 0 Å². The van der Waals surface area contributed by atoms with Crippen molar-refractivity contribution in [3.8, 4) is 0 Å². The zero-order chi connectivity index (χ0) is 14.5. The molecular formula is C16H30N2S. The Kier molecular flexibility index (Phi) is 6.51. The van der Waals surface area contributed by atoms with E-state index in [1.54, 1.807) is 0 Å². The highest BCUT2D eigenvalue weighted by Gasteiger charge is 2.21. The minimum Gasteiger partial charge on any atom is -0.330 e. The molecule has 110 valence electrons. The topological polar surface area (TPSA) is 29.3 Å². The highest BCUT2D eigenvalue weighted by atomic mass is 32.1. The van der Waals surface area contributed by atoms with Crippen LogP contribution in [0.2, 0.25) is 0 Å². The van der Waals surface area contributed by atoms with Gasteiger partial charge in [-0.1, -0.05) is 26.8 Å². The molecule has 0 saturated heterocycles. The molecule has 0 aromatic carbocycles. The van der Waals surface area contributed by atoms with Gasteiger partial charge in [-0.15, -0.1) is 11.3 Å². The Balaban J connectivity index is 2.45. The van der Waals surface area contributed by atoms with Crippen LogP contribution in [0.15, 0.2) is 17.5 Å². The van der Waals surface area contributed by atoms with Crippen LogP contribution in [0.4, 0.5) is 0 Å². The molecule has 0 aliphatic rings. The Morgan fingerprint density at radius 1 is 1.37 bits per heavy atom. The zero-order valence-electron chi connectivity index (χ0n) is 13.1. The van der Waals surface area contributed by atoms with Gasteiger partial charge in [0.2, 0.25) is 0 Å². The lowest BCUT2D eigenvalue weighted by Gasteiger charge is -2.31. The summed E-state index contributed by atoms with van der Waals surface area (Å²) in [6.07, 6.45) is 2.33. The van der Waals surface area contributed by atoms with E-state index in [2.05, 4.69) is 57.2 Å². The molecule has 2 unspecified atom stereocenters. The molecule has 2 atom stereocenters. The quantitative estimate of drug-likeness (QED) is 0.827. The fourth-order valence-electron chi connectivity index (χ4n) is 2.55. The Morgan fingerprint density at radius 3 is 2.53 bits per heavy atom. The van der Waals surface area contributed by atoms with Crippen molar-refractivity contribution in [2.75, 3.05) is 20.1 Å². The third-order valence-corrected chi connectivity index (χ3v) is 4.51.